The van der Waals surface area contributed by atoms with Crippen LogP contribution in [0.2, 0.25) is 0 Å². The second-order valence-corrected chi connectivity index (χ2v) is 3.48. The molecule has 0 aromatic heterocycles. The van der Waals surface area contributed by atoms with E-state index >= 15 is 0 Å². The summed E-state index contributed by atoms with van der Waals surface area (Å²) in [7, 11) is 1.29. The Balaban J connectivity index is 3.11. The predicted octanol–water partition coefficient (Wildman–Crippen LogP) is 1.64. The number of methoxy groups -OCH3 is 1. The smallest absolute Gasteiger partial charge is 0.337 e. The third-order valence-corrected chi connectivity index (χ3v) is 2.27. The zero-order chi connectivity index (χ0) is 13.9. The molecule has 0 aliphatic rings. The van der Waals surface area contributed by atoms with Gasteiger partial charge in [0, 0.05) is 13.2 Å². The highest BCUT2D eigenvalue weighted by molar-refractivity contribution is 6.01. The van der Waals surface area contributed by atoms with Crippen LogP contribution in [0.1, 0.15) is 17.3 Å². The van der Waals surface area contributed by atoms with Gasteiger partial charge in [-0.2, -0.15) is 0 Å². The number of carboxylic acids is 1. The zero-order valence-corrected chi connectivity index (χ0v) is 9.66. The summed E-state index contributed by atoms with van der Waals surface area (Å²) in [4.78, 5) is 22.3. The summed E-state index contributed by atoms with van der Waals surface area (Å²) in [6, 6.07) is 1.11. The topological polar surface area (TPSA) is 75.6 Å². The van der Waals surface area contributed by atoms with Crippen molar-refractivity contribution in [2.24, 2.45) is 0 Å². The minimum atomic E-state index is -1.48. The van der Waals surface area contributed by atoms with Crippen molar-refractivity contribution >= 4 is 17.6 Å². The molecule has 0 saturated heterocycles. The first-order valence-corrected chi connectivity index (χ1v) is 4.92. The maximum atomic E-state index is 13.0. The lowest BCUT2D eigenvalue weighted by Gasteiger charge is -2.12. The number of ether oxygens (including phenoxy) is 1. The molecule has 98 valence electrons. The molecule has 18 heavy (non-hydrogen) atoms. The largest absolute Gasteiger partial charge is 0.478 e. The number of amides is 1. The van der Waals surface area contributed by atoms with E-state index < -0.39 is 35.2 Å². The Morgan fingerprint density at radius 2 is 1.89 bits per heavy atom. The van der Waals surface area contributed by atoms with Crippen molar-refractivity contribution in [3.8, 4) is 0 Å². The van der Waals surface area contributed by atoms with Crippen LogP contribution >= 0.6 is 0 Å². The number of benzene rings is 1. The number of rotatable bonds is 4. The Kier molecular flexibility index (Phi) is 4.33. The number of carbonyl (C=O) groups is 2. The molecule has 0 fully saturated rings. The van der Waals surface area contributed by atoms with Crippen LogP contribution in [0.5, 0.6) is 0 Å². The summed E-state index contributed by atoms with van der Waals surface area (Å²) in [6.45, 7) is 1.43. The number of anilines is 1. The van der Waals surface area contributed by atoms with E-state index in [1.807, 2.05) is 0 Å². The van der Waals surface area contributed by atoms with Crippen LogP contribution in [0.15, 0.2) is 12.1 Å². The van der Waals surface area contributed by atoms with Gasteiger partial charge in [0.1, 0.15) is 6.10 Å². The van der Waals surface area contributed by atoms with E-state index in [2.05, 4.69) is 5.32 Å². The number of nitrogens with one attached hydrogen (secondary N) is 1. The third kappa shape index (κ3) is 3.01. The van der Waals surface area contributed by atoms with E-state index in [1.54, 1.807) is 0 Å². The Labute approximate surface area is 101 Å². The fourth-order valence-corrected chi connectivity index (χ4v) is 1.17. The molecular weight excluding hydrogens is 248 g/mol. The van der Waals surface area contributed by atoms with Crippen LogP contribution in [-0.4, -0.2) is 30.2 Å². The number of halogens is 2. The minimum absolute atomic E-state index is 0.324. The molecule has 1 unspecified atom stereocenters. The molecule has 7 heteroatoms. The van der Waals surface area contributed by atoms with Gasteiger partial charge in [-0.1, -0.05) is 0 Å². The zero-order valence-electron chi connectivity index (χ0n) is 9.66. The normalized spacial score (nSPS) is 12.0. The summed E-state index contributed by atoms with van der Waals surface area (Å²) < 4.78 is 30.6. The van der Waals surface area contributed by atoms with Gasteiger partial charge in [-0.25, -0.2) is 13.6 Å². The Morgan fingerprint density at radius 1 is 1.33 bits per heavy atom. The maximum absolute atomic E-state index is 13.0. The van der Waals surface area contributed by atoms with Gasteiger partial charge in [0.25, 0.3) is 5.91 Å². The fraction of sp³-hybridized carbons (Fsp3) is 0.273. The minimum Gasteiger partial charge on any atom is -0.478 e. The van der Waals surface area contributed by atoms with Crippen molar-refractivity contribution in [3.63, 3.8) is 0 Å². The molecule has 0 aliphatic carbocycles. The lowest BCUT2D eigenvalue weighted by atomic mass is 10.1. The van der Waals surface area contributed by atoms with Crippen LogP contribution in [0, 0.1) is 11.6 Å². The summed E-state index contributed by atoms with van der Waals surface area (Å²) in [5, 5.41) is 11.0. The first kappa shape index (κ1) is 14.0. The monoisotopic (exact) mass is 259 g/mol. The number of hydrogen-bond acceptors (Lipinski definition) is 3. The molecular formula is C11H11F2NO4. The highest BCUT2D eigenvalue weighted by Crippen LogP contribution is 2.20. The summed E-state index contributed by atoms with van der Waals surface area (Å²) in [5.41, 5.74) is -0.860. The second-order valence-electron chi connectivity index (χ2n) is 3.48. The van der Waals surface area contributed by atoms with E-state index in [4.69, 9.17) is 9.84 Å². The maximum Gasteiger partial charge on any atom is 0.337 e. The van der Waals surface area contributed by atoms with E-state index in [0.717, 1.165) is 0 Å². The number of aromatic carboxylic acids is 1. The average Bonchev–Trinajstić information content (AvgIpc) is 2.31. The van der Waals surface area contributed by atoms with Crippen LogP contribution in [0.3, 0.4) is 0 Å². The quantitative estimate of drug-likeness (QED) is 0.861. The molecule has 0 saturated carbocycles. The van der Waals surface area contributed by atoms with Gasteiger partial charge in [0.05, 0.1) is 11.3 Å². The van der Waals surface area contributed by atoms with Gasteiger partial charge in [0.2, 0.25) is 0 Å². The average molecular weight is 259 g/mol. The molecule has 1 amide bonds. The summed E-state index contributed by atoms with van der Waals surface area (Å²) >= 11 is 0. The van der Waals surface area contributed by atoms with Crippen LogP contribution in [-0.2, 0) is 9.53 Å². The third-order valence-electron chi connectivity index (χ3n) is 2.27. The van der Waals surface area contributed by atoms with Crippen molar-refractivity contribution in [2.45, 2.75) is 13.0 Å². The van der Waals surface area contributed by atoms with Crippen molar-refractivity contribution in [2.75, 3.05) is 12.4 Å². The van der Waals surface area contributed by atoms with Crippen molar-refractivity contribution in [3.05, 3.63) is 29.3 Å². The predicted molar refractivity (Wildman–Crippen MR) is 58.4 cm³/mol. The molecule has 0 heterocycles. The fourth-order valence-electron chi connectivity index (χ4n) is 1.17. The van der Waals surface area contributed by atoms with Crippen LogP contribution in [0.25, 0.3) is 0 Å². The number of carbonyl (C=O) groups excluding carboxylic acids is 1. The number of carboxylic acid groups (broad SMARTS) is 1. The Hall–Kier alpha value is -2.02. The van der Waals surface area contributed by atoms with Gasteiger partial charge in [-0.3, -0.25) is 4.79 Å². The number of hydrogen-bond donors (Lipinski definition) is 2. The molecule has 1 atom stereocenters. The standard InChI is InChI=1S/C11H11F2NO4/c1-5(18-2)10(15)14-9-4-8(13)7(12)3-6(9)11(16)17/h3-5H,1-2H3,(H,14,15)(H,16,17). The molecule has 0 bridgehead atoms. The first-order valence-electron chi connectivity index (χ1n) is 4.92. The van der Waals surface area contributed by atoms with Crippen molar-refractivity contribution in [1.29, 1.82) is 0 Å². The molecule has 1 aromatic rings. The van der Waals surface area contributed by atoms with Crippen LogP contribution in [0.4, 0.5) is 14.5 Å². The molecule has 0 aliphatic heterocycles. The summed E-state index contributed by atoms with van der Waals surface area (Å²) in [6.07, 6.45) is -0.847. The van der Waals surface area contributed by atoms with Crippen molar-refractivity contribution < 1.29 is 28.2 Å². The molecule has 2 N–H and O–H groups in total. The van der Waals surface area contributed by atoms with Gasteiger partial charge >= 0.3 is 5.97 Å². The summed E-state index contributed by atoms with van der Waals surface area (Å²) in [5.74, 6) is -4.69. The van der Waals surface area contributed by atoms with E-state index in [0.29, 0.717) is 12.1 Å². The van der Waals surface area contributed by atoms with Crippen LogP contribution < -0.4 is 5.32 Å². The Morgan fingerprint density at radius 3 is 2.39 bits per heavy atom. The highest BCUT2D eigenvalue weighted by Gasteiger charge is 2.19. The molecule has 1 aromatic carbocycles. The highest BCUT2D eigenvalue weighted by atomic mass is 19.2. The van der Waals surface area contributed by atoms with Crippen molar-refractivity contribution in [1.82, 2.24) is 0 Å². The SMILES string of the molecule is COC(C)C(=O)Nc1cc(F)c(F)cc1C(=O)O. The van der Waals surface area contributed by atoms with Gasteiger partial charge in [-0.05, 0) is 13.0 Å². The van der Waals surface area contributed by atoms with Gasteiger partial charge in [-0.15, -0.1) is 0 Å². The Bertz CT molecular complexity index is 490. The second kappa shape index (κ2) is 5.54. The molecule has 1 rings (SSSR count). The van der Waals surface area contributed by atoms with E-state index in [1.165, 1.54) is 14.0 Å². The molecule has 0 radical (unpaired) electrons. The first-order chi connectivity index (χ1) is 8.36. The van der Waals surface area contributed by atoms with E-state index in [9.17, 15) is 18.4 Å². The van der Waals surface area contributed by atoms with E-state index in [-0.39, 0.29) is 5.69 Å². The lowest BCUT2D eigenvalue weighted by molar-refractivity contribution is -0.124. The lowest BCUT2D eigenvalue weighted by Crippen LogP contribution is -2.27. The van der Waals surface area contributed by atoms with Gasteiger partial charge < -0.3 is 15.2 Å². The van der Waals surface area contributed by atoms with Gasteiger partial charge in [0.15, 0.2) is 11.6 Å². The molecule has 0 spiro atoms. The molecule has 5 nitrogen and oxygen atoms in total.